The van der Waals surface area contributed by atoms with E-state index < -0.39 is 5.91 Å². The highest BCUT2D eigenvalue weighted by molar-refractivity contribution is 6.31. The van der Waals surface area contributed by atoms with Crippen LogP contribution in [0.25, 0.3) is 0 Å². The lowest BCUT2D eigenvalue weighted by Crippen LogP contribution is -2.20. The molecule has 0 aromatic heterocycles. The molecule has 0 aliphatic heterocycles. The normalized spacial score (nSPS) is 9.41. The molecule has 0 bridgehead atoms. The van der Waals surface area contributed by atoms with Crippen molar-refractivity contribution in [2.45, 2.75) is 0 Å². The molecule has 0 aliphatic carbocycles. The first-order valence-electron chi connectivity index (χ1n) is 6.25. The van der Waals surface area contributed by atoms with Gasteiger partial charge >= 0.3 is 0 Å². The number of nitrogens with one attached hydrogen (secondary N) is 1. The van der Waals surface area contributed by atoms with Gasteiger partial charge in [0, 0.05) is 5.02 Å². The van der Waals surface area contributed by atoms with Gasteiger partial charge in [0.1, 0.15) is 11.8 Å². The van der Waals surface area contributed by atoms with Crippen molar-refractivity contribution >= 4 is 23.2 Å². The topological polar surface area (TPSA) is 85.9 Å². The Kier molecular flexibility index (Phi) is 4.98. The van der Waals surface area contributed by atoms with Gasteiger partial charge in [-0.25, -0.2) is 0 Å². The lowest BCUT2D eigenvalue weighted by atomic mass is 10.2. The van der Waals surface area contributed by atoms with Crippen LogP contribution in [0.2, 0.25) is 5.02 Å². The van der Waals surface area contributed by atoms with Crippen molar-refractivity contribution in [3.63, 3.8) is 0 Å². The second kappa shape index (κ2) is 7.12. The summed E-state index contributed by atoms with van der Waals surface area (Å²) in [6, 6.07) is 15.0. The molecule has 0 atom stereocenters. The second-order valence-corrected chi connectivity index (χ2v) is 4.71. The fourth-order valence-electron chi connectivity index (χ4n) is 1.71. The SMILES string of the molecule is N#Cc1cccc(OCC(=O)Nc2cc(Cl)ccc2C#N)c1. The second-order valence-electron chi connectivity index (χ2n) is 4.28. The molecule has 6 heteroatoms. The molecule has 0 spiro atoms. The van der Waals surface area contributed by atoms with E-state index in [0.717, 1.165) is 0 Å². The van der Waals surface area contributed by atoms with Gasteiger partial charge in [-0.15, -0.1) is 0 Å². The minimum Gasteiger partial charge on any atom is -0.484 e. The number of hydrogen-bond donors (Lipinski definition) is 1. The fourth-order valence-corrected chi connectivity index (χ4v) is 1.88. The maximum atomic E-state index is 11.9. The third-order valence-electron chi connectivity index (χ3n) is 2.71. The van der Waals surface area contributed by atoms with Crippen molar-refractivity contribution in [3.8, 4) is 17.9 Å². The monoisotopic (exact) mass is 311 g/mol. The van der Waals surface area contributed by atoms with Crippen LogP contribution in [-0.2, 0) is 4.79 Å². The first kappa shape index (κ1) is 15.4. The molecule has 0 saturated carbocycles. The van der Waals surface area contributed by atoms with Crippen LogP contribution < -0.4 is 10.1 Å². The molecule has 0 radical (unpaired) electrons. The van der Waals surface area contributed by atoms with Gasteiger partial charge < -0.3 is 10.1 Å². The number of nitriles is 2. The van der Waals surface area contributed by atoms with E-state index in [1.165, 1.54) is 18.2 Å². The van der Waals surface area contributed by atoms with E-state index in [4.69, 9.17) is 26.9 Å². The first-order valence-corrected chi connectivity index (χ1v) is 6.62. The summed E-state index contributed by atoms with van der Waals surface area (Å²) in [6.07, 6.45) is 0. The van der Waals surface area contributed by atoms with Gasteiger partial charge in [0.2, 0.25) is 0 Å². The van der Waals surface area contributed by atoms with E-state index in [-0.39, 0.29) is 6.61 Å². The van der Waals surface area contributed by atoms with Gasteiger partial charge in [0.15, 0.2) is 6.61 Å². The van der Waals surface area contributed by atoms with Gasteiger partial charge in [-0.2, -0.15) is 10.5 Å². The fraction of sp³-hybridized carbons (Fsp3) is 0.0625. The van der Waals surface area contributed by atoms with Crippen LogP contribution in [0.3, 0.4) is 0 Å². The zero-order valence-corrected chi connectivity index (χ0v) is 12.1. The molecule has 2 rings (SSSR count). The van der Waals surface area contributed by atoms with Crippen molar-refractivity contribution < 1.29 is 9.53 Å². The number of benzene rings is 2. The van der Waals surface area contributed by atoms with Crippen LogP contribution in [0, 0.1) is 22.7 Å². The molecule has 0 fully saturated rings. The molecule has 0 saturated heterocycles. The minimum atomic E-state index is -0.430. The largest absolute Gasteiger partial charge is 0.484 e. The standard InChI is InChI=1S/C16H10ClN3O2/c17-13-5-4-12(9-19)15(7-13)20-16(21)10-22-14-3-1-2-11(6-14)8-18/h1-7H,10H2,(H,20,21). The lowest BCUT2D eigenvalue weighted by Gasteiger charge is -2.09. The van der Waals surface area contributed by atoms with E-state index >= 15 is 0 Å². The van der Waals surface area contributed by atoms with Gasteiger partial charge in [-0.3, -0.25) is 4.79 Å². The predicted octanol–water partition coefficient (Wildman–Crippen LogP) is 3.10. The highest BCUT2D eigenvalue weighted by Crippen LogP contribution is 2.20. The predicted molar refractivity (Wildman–Crippen MR) is 81.4 cm³/mol. The minimum absolute atomic E-state index is 0.244. The summed E-state index contributed by atoms with van der Waals surface area (Å²) in [5.41, 5.74) is 1.08. The number of halogens is 1. The highest BCUT2D eigenvalue weighted by atomic mass is 35.5. The maximum absolute atomic E-state index is 11.9. The Morgan fingerprint density at radius 3 is 2.73 bits per heavy atom. The Morgan fingerprint density at radius 2 is 2.00 bits per heavy atom. The van der Waals surface area contributed by atoms with Gasteiger partial charge in [0.25, 0.3) is 5.91 Å². The van der Waals surface area contributed by atoms with Crippen LogP contribution in [-0.4, -0.2) is 12.5 Å². The third kappa shape index (κ3) is 3.99. The highest BCUT2D eigenvalue weighted by Gasteiger charge is 2.08. The van der Waals surface area contributed by atoms with Crippen LogP contribution >= 0.6 is 11.6 Å². The first-order chi connectivity index (χ1) is 10.6. The van der Waals surface area contributed by atoms with Crippen LogP contribution in [0.1, 0.15) is 11.1 Å². The molecule has 0 heterocycles. The number of nitrogens with zero attached hydrogens (tertiary/aromatic N) is 2. The Bertz CT molecular complexity index is 791. The number of ether oxygens (including phenoxy) is 1. The van der Waals surface area contributed by atoms with Crippen LogP contribution in [0.15, 0.2) is 42.5 Å². The van der Waals surface area contributed by atoms with Crippen molar-refractivity contribution in [2.75, 3.05) is 11.9 Å². The average Bonchev–Trinajstić information content (AvgIpc) is 2.53. The van der Waals surface area contributed by atoms with E-state index in [1.54, 1.807) is 24.3 Å². The third-order valence-corrected chi connectivity index (χ3v) is 2.94. The zero-order chi connectivity index (χ0) is 15.9. The van der Waals surface area contributed by atoms with Crippen LogP contribution in [0.4, 0.5) is 5.69 Å². The molecule has 108 valence electrons. The summed E-state index contributed by atoms with van der Waals surface area (Å²) in [7, 11) is 0. The summed E-state index contributed by atoms with van der Waals surface area (Å²) in [6.45, 7) is -0.244. The zero-order valence-electron chi connectivity index (χ0n) is 11.3. The molecule has 0 aliphatic rings. The molecule has 1 amide bonds. The maximum Gasteiger partial charge on any atom is 0.262 e. The molecular weight excluding hydrogens is 302 g/mol. The molecule has 1 N–H and O–H groups in total. The number of carbonyl (C=O) groups excluding carboxylic acids is 1. The Balaban J connectivity index is 2.00. The molecule has 0 unspecified atom stereocenters. The smallest absolute Gasteiger partial charge is 0.262 e. The van der Waals surface area contributed by atoms with Gasteiger partial charge in [-0.1, -0.05) is 17.7 Å². The number of rotatable bonds is 4. The van der Waals surface area contributed by atoms with Gasteiger partial charge in [-0.05, 0) is 36.4 Å². The van der Waals surface area contributed by atoms with E-state index in [1.807, 2.05) is 12.1 Å². The lowest BCUT2D eigenvalue weighted by molar-refractivity contribution is -0.118. The van der Waals surface area contributed by atoms with Crippen molar-refractivity contribution in [1.82, 2.24) is 0 Å². The van der Waals surface area contributed by atoms with Crippen LogP contribution in [0.5, 0.6) is 5.75 Å². The summed E-state index contributed by atoms with van der Waals surface area (Å²) >= 11 is 5.84. The summed E-state index contributed by atoms with van der Waals surface area (Å²) in [5.74, 6) is -0.0121. The Hall–Kier alpha value is -3.02. The Morgan fingerprint density at radius 1 is 1.18 bits per heavy atom. The summed E-state index contributed by atoms with van der Waals surface area (Å²) in [5, 5.41) is 20.8. The number of carbonyl (C=O) groups is 1. The molecule has 2 aromatic rings. The Labute approximate surface area is 132 Å². The van der Waals surface area contributed by atoms with E-state index in [0.29, 0.717) is 27.6 Å². The van der Waals surface area contributed by atoms with E-state index in [2.05, 4.69) is 5.32 Å². The average molecular weight is 312 g/mol. The molecule has 22 heavy (non-hydrogen) atoms. The molecular formula is C16H10ClN3O2. The van der Waals surface area contributed by atoms with Gasteiger partial charge in [0.05, 0.1) is 22.9 Å². The van der Waals surface area contributed by atoms with Crippen molar-refractivity contribution in [2.24, 2.45) is 0 Å². The number of hydrogen-bond acceptors (Lipinski definition) is 4. The quantitative estimate of drug-likeness (QED) is 0.940. The summed E-state index contributed by atoms with van der Waals surface area (Å²) in [4.78, 5) is 11.9. The summed E-state index contributed by atoms with van der Waals surface area (Å²) < 4.78 is 5.31. The molecule has 5 nitrogen and oxygen atoms in total. The number of anilines is 1. The van der Waals surface area contributed by atoms with Crippen molar-refractivity contribution in [1.29, 1.82) is 10.5 Å². The van der Waals surface area contributed by atoms with E-state index in [9.17, 15) is 4.79 Å². The molecule has 2 aromatic carbocycles. The number of amides is 1. The van der Waals surface area contributed by atoms with Crippen molar-refractivity contribution in [3.05, 3.63) is 58.6 Å².